The van der Waals surface area contributed by atoms with Gasteiger partial charge in [-0.3, -0.25) is 9.20 Å². The summed E-state index contributed by atoms with van der Waals surface area (Å²) in [6.07, 6.45) is 6.74. The zero-order chi connectivity index (χ0) is 19.8. The standard InChI is InChI=1S/C22H31N5O2/c1-24-9-11-25(12-10-24)15-18-13-22(29-16-18)6-4-7-26(17-22)21(28)19-14-23-20-5-2-3-8-27(19)20/h2-3,5,8,14,18H,4,6-7,9-13,15-17H2,1H3/t18-,22+/m0/s1. The topological polar surface area (TPSA) is 53.3 Å². The van der Waals surface area contributed by atoms with Gasteiger partial charge in [-0.2, -0.15) is 0 Å². The molecule has 3 aliphatic rings. The second-order valence-corrected chi connectivity index (χ2v) is 9.07. The van der Waals surface area contributed by atoms with Crippen LogP contribution in [0.2, 0.25) is 0 Å². The summed E-state index contributed by atoms with van der Waals surface area (Å²) < 4.78 is 8.27. The third kappa shape index (κ3) is 3.79. The van der Waals surface area contributed by atoms with E-state index < -0.39 is 0 Å². The van der Waals surface area contributed by atoms with Crippen molar-refractivity contribution in [2.45, 2.75) is 24.9 Å². The molecule has 5 heterocycles. The van der Waals surface area contributed by atoms with Gasteiger partial charge in [0.05, 0.1) is 24.9 Å². The maximum atomic E-state index is 13.2. The summed E-state index contributed by atoms with van der Waals surface area (Å²) in [7, 11) is 2.20. The highest BCUT2D eigenvalue weighted by Crippen LogP contribution is 2.38. The Hall–Kier alpha value is -1.96. The molecular weight excluding hydrogens is 366 g/mol. The highest BCUT2D eigenvalue weighted by atomic mass is 16.5. The number of aromatic nitrogens is 2. The van der Waals surface area contributed by atoms with Gasteiger partial charge in [0.25, 0.3) is 5.91 Å². The van der Waals surface area contributed by atoms with Gasteiger partial charge in [-0.15, -0.1) is 0 Å². The number of imidazole rings is 1. The van der Waals surface area contributed by atoms with Crippen LogP contribution in [0.5, 0.6) is 0 Å². The Balaban J connectivity index is 1.24. The Labute approximate surface area is 172 Å². The minimum Gasteiger partial charge on any atom is -0.373 e. The number of piperazine rings is 1. The normalized spacial score (nSPS) is 29.1. The molecule has 5 rings (SSSR count). The Morgan fingerprint density at radius 2 is 2.10 bits per heavy atom. The molecule has 0 radical (unpaired) electrons. The van der Waals surface area contributed by atoms with Gasteiger partial charge in [-0.1, -0.05) is 6.07 Å². The number of rotatable bonds is 3. The molecule has 0 aliphatic carbocycles. The van der Waals surface area contributed by atoms with Crippen molar-refractivity contribution in [1.82, 2.24) is 24.1 Å². The molecule has 2 atom stereocenters. The summed E-state index contributed by atoms with van der Waals surface area (Å²) in [6, 6.07) is 5.81. The van der Waals surface area contributed by atoms with E-state index in [0.29, 0.717) is 18.2 Å². The lowest BCUT2D eigenvalue weighted by atomic mass is 9.86. The number of carbonyl (C=O) groups excluding carboxylic acids is 1. The summed E-state index contributed by atoms with van der Waals surface area (Å²) in [6.45, 7) is 8.05. The Morgan fingerprint density at radius 3 is 2.97 bits per heavy atom. The summed E-state index contributed by atoms with van der Waals surface area (Å²) in [5.74, 6) is 0.637. The molecule has 2 aromatic heterocycles. The van der Waals surface area contributed by atoms with Gasteiger partial charge >= 0.3 is 0 Å². The molecular formula is C22H31N5O2. The average Bonchev–Trinajstić information content (AvgIpc) is 3.34. The van der Waals surface area contributed by atoms with Gasteiger partial charge < -0.3 is 19.4 Å². The fourth-order valence-electron chi connectivity index (χ4n) is 5.26. The second kappa shape index (κ2) is 7.70. The van der Waals surface area contributed by atoms with E-state index in [2.05, 4.69) is 21.8 Å². The number of hydrogen-bond donors (Lipinski definition) is 0. The zero-order valence-corrected chi connectivity index (χ0v) is 17.3. The molecule has 156 valence electrons. The second-order valence-electron chi connectivity index (χ2n) is 9.07. The Morgan fingerprint density at radius 1 is 1.24 bits per heavy atom. The highest BCUT2D eigenvalue weighted by Gasteiger charge is 2.45. The van der Waals surface area contributed by atoms with E-state index in [4.69, 9.17) is 4.74 Å². The van der Waals surface area contributed by atoms with E-state index in [1.54, 1.807) is 6.20 Å². The maximum absolute atomic E-state index is 13.2. The van der Waals surface area contributed by atoms with Crippen LogP contribution < -0.4 is 0 Å². The summed E-state index contributed by atoms with van der Waals surface area (Å²) in [4.78, 5) is 24.6. The Kier molecular flexibility index (Phi) is 5.05. The number of piperidine rings is 1. The summed E-state index contributed by atoms with van der Waals surface area (Å²) in [5, 5.41) is 0. The van der Waals surface area contributed by atoms with Gasteiger partial charge in [0.15, 0.2) is 0 Å². The molecule has 2 aromatic rings. The minimum absolute atomic E-state index is 0.0638. The largest absolute Gasteiger partial charge is 0.373 e. The Bertz CT molecular complexity index is 875. The van der Waals surface area contributed by atoms with Crippen LogP contribution in [-0.4, -0.2) is 95.1 Å². The number of amides is 1. The fourth-order valence-corrected chi connectivity index (χ4v) is 5.26. The van der Waals surface area contributed by atoms with Crippen molar-refractivity contribution in [3.05, 3.63) is 36.3 Å². The summed E-state index contributed by atoms with van der Waals surface area (Å²) >= 11 is 0. The van der Waals surface area contributed by atoms with E-state index in [-0.39, 0.29) is 11.5 Å². The molecule has 3 aliphatic heterocycles. The van der Waals surface area contributed by atoms with E-state index in [1.165, 1.54) is 0 Å². The SMILES string of the molecule is CN1CCN(C[C@H]2CO[C@]3(CCCN(C(=O)c4cnc5ccccn45)C3)C2)CC1. The van der Waals surface area contributed by atoms with Crippen molar-refractivity contribution in [3.63, 3.8) is 0 Å². The van der Waals surface area contributed by atoms with Crippen LogP contribution in [0.1, 0.15) is 29.8 Å². The molecule has 1 spiro atoms. The van der Waals surface area contributed by atoms with E-state index in [1.807, 2.05) is 33.7 Å². The number of ether oxygens (including phenoxy) is 1. The zero-order valence-electron chi connectivity index (χ0n) is 17.3. The van der Waals surface area contributed by atoms with Crippen molar-refractivity contribution in [2.24, 2.45) is 5.92 Å². The number of likely N-dealkylation sites (N-methyl/N-ethyl adjacent to an activating group) is 1. The first-order valence-electron chi connectivity index (χ1n) is 10.9. The molecule has 3 saturated heterocycles. The molecule has 29 heavy (non-hydrogen) atoms. The minimum atomic E-state index is -0.161. The van der Waals surface area contributed by atoms with Crippen LogP contribution in [0.3, 0.4) is 0 Å². The lowest BCUT2D eigenvalue weighted by molar-refractivity contribution is -0.0452. The number of pyridine rings is 1. The molecule has 3 fully saturated rings. The number of likely N-dealkylation sites (tertiary alicyclic amines) is 1. The van der Waals surface area contributed by atoms with E-state index >= 15 is 0 Å². The lowest BCUT2D eigenvalue weighted by Crippen LogP contribution is -2.50. The molecule has 1 amide bonds. The van der Waals surface area contributed by atoms with Gasteiger partial charge in [0.1, 0.15) is 11.3 Å². The van der Waals surface area contributed by atoms with Crippen LogP contribution in [0, 0.1) is 5.92 Å². The molecule has 7 heteroatoms. The predicted octanol–water partition coefficient (Wildman–Crippen LogP) is 1.59. The first-order chi connectivity index (χ1) is 14.1. The number of carbonyl (C=O) groups is 1. The van der Waals surface area contributed by atoms with Crippen molar-refractivity contribution in [3.8, 4) is 0 Å². The van der Waals surface area contributed by atoms with Crippen LogP contribution >= 0.6 is 0 Å². The average molecular weight is 398 g/mol. The first-order valence-corrected chi connectivity index (χ1v) is 10.9. The van der Waals surface area contributed by atoms with Crippen LogP contribution in [0.15, 0.2) is 30.6 Å². The molecule has 7 nitrogen and oxygen atoms in total. The van der Waals surface area contributed by atoms with Crippen molar-refractivity contribution in [1.29, 1.82) is 0 Å². The van der Waals surface area contributed by atoms with Gasteiger partial charge in [0, 0.05) is 45.5 Å². The maximum Gasteiger partial charge on any atom is 0.272 e. The number of nitrogens with zero attached hydrogens (tertiary/aromatic N) is 5. The number of fused-ring (bicyclic) bond motifs is 1. The highest BCUT2D eigenvalue weighted by molar-refractivity contribution is 5.93. The molecule has 0 saturated carbocycles. The first kappa shape index (κ1) is 19.0. The predicted molar refractivity (Wildman–Crippen MR) is 111 cm³/mol. The van der Waals surface area contributed by atoms with Crippen LogP contribution in [0.4, 0.5) is 0 Å². The van der Waals surface area contributed by atoms with Crippen molar-refractivity contribution < 1.29 is 9.53 Å². The molecule has 0 N–H and O–H groups in total. The van der Waals surface area contributed by atoms with Gasteiger partial charge in [-0.25, -0.2) is 4.98 Å². The molecule has 0 bridgehead atoms. The molecule has 0 unspecified atom stereocenters. The lowest BCUT2D eigenvalue weighted by Gasteiger charge is -2.40. The smallest absolute Gasteiger partial charge is 0.272 e. The monoisotopic (exact) mass is 397 g/mol. The van der Waals surface area contributed by atoms with E-state index in [0.717, 1.165) is 70.8 Å². The summed E-state index contributed by atoms with van der Waals surface area (Å²) in [5.41, 5.74) is 1.29. The van der Waals surface area contributed by atoms with Crippen LogP contribution in [0.25, 0.3) is 5.65 Å². The molecule has 0 aromatic carbocycles. The number of hydrogen-bond acceptors (Lipinski definition) is 5. The van der Waals surface area contributed by atoms with Crippen LogP contribution in [-0.2, 0) is 4.74 Å². The van der Waals surface area contributed by atoms with Crippen molar-refractivity contribution in [2.75, 3.05) is 59.5 Å². The third-order valence-electron chi connectivity index (χ3n) is 6.86. The fraction of sp³-hybridized carbons (Fsp3) is 0.636. The van der Waals surface area contributed by atoms with E-state index in [9.17, 15) is 4.79 Å². The quantitative estimate of drug-likeness (QED) is 0.787. The van der Waals surface area contributed by atoms with Gasteiger partial charge in [0.2, 0.25) is 0 Å². The van der Waals surface area contributed by atoms with Crippen molar-refractivity contribution >= 4 is 11.6 Å². The third-order valence-corrected chi connectivity index (χ3v) is 6.86. The van der Waals surface area contributed by atoms with Gasteiger partial charge in [-0.05, 0) is 44.4 Å².